The highest BCUT2D eigenvalue weighted by atomic mass is 32.2. The number of carbonyl (C=O) groups excluding carboxylic acids is 2. The standard InChI is InChI=1S/C21H25NO3S.C11H17NO/c1-4-15-9-10-17(18(13-15)16-8-6-5-7-14(16)2)20(23)22-19(21(24)25)11-12-26-3;13-6-12-11-9-2-7-1-8(4-9)5-10(11)3-7/h5-10,13,19H,4,11-12H2,1-3H3,(H,22,23)(H,24,25);6-11H,1-5H2,(H,12,13). The van der Waals surface area contributed by atoms with Crippen molar-refractivity contribution in [2.24, 2.45) is 23.7 Å². The van der Waals surface area contributed by atoms with Gasteiger partial charge in [0, 0.05) is 11.6 Å². The normalized spacial score (nSPS) is 25.3. The van der Waals surface area contributed by atoms with Crippen LogP contribution in [0.5, 0.6) is 0 Å². The lowest BCUT2D eigenvalue weighted by atomic mass is 9.54. The largest absolute Gasteiger partial charge is 0.480 e. The molecular weight excluding hydrogens is 508 g/mol. The Kier molecular flexibility index (Phi) is 10.1. The van der Waals surface area contributed by atoms with Crippen LogP contribution in [-0.2, 0) is 16.0 Å². The summed E-state index contributed by atoms with van der Waals surface area (Å²) in [4.78, 5) is 34.8. The Balaban J connectivity index is 0.000000223. The molecule has 1 atom stereocenters. The van der Waals surface area contributed by atoms with Crippen molar-refractivity contribution in [2.75, 3.05) is 12.0 Å². The number of aryl methyl sites for hydroxylation is 2. The van der Waals surface area contributed by atoms with E-state index in [2.05, 4.69) is 17.6 Å². The van der Waals surface area contributed by atoms with Gasteiger partial charge in [0.2, 0.25) is 6.41 Å². The quantitative estimate of drug-likeness (QED) is 0.329. The van der Waals surface area contributed by atoms with Crippen molar-refractivity contribution in [3.05, 3.63) is 59.2 Å². The second kappa shape index (κ2) is 13.5. The summed E-state index contributed by atoms with van der Waals surface area (Å²) >= 11 is 1.56. The molecule has 4 saturated carbocycles. The van der Waals surface area contributed by atoms with E-state index in [0.29, 0.717) is 23.8 Å². The second-order valence-electron chi connectivity index (χ2n) is 11.4. The molecule has 2 aromatic rings. The summed E-state index contributed by atoms with van der Waals surface area (Å²) in [5, 5.41) is 15.1. The average molecular weight is 551 g/mol. The van der Waals surface area contributed by atoms with Crippen molar-refractivity contribution in [1.82, 2.24) is 10.6 Å². The molecule has 0 saturated heterocycles. The Labute approximate surface area is 236 Å². The van der Waals surface area contributed by atoms with Gasteiger partial charge in [0.05, 0.1) is 0 Å². The Hall–Kier alpha value is -2.80. The SMILES string of the molecule is CCc1ccc(C(=O)NC(CCSC)C(=O)O)c(-c2ccccc2C)c1.O=CNC1C2CC3CC(C2)CC1C3. The number of rotatable bonds is 10. The molecule has 2 aromatic carbocycles. The first-order valence-electron chi connectivity index (χ1n) is 14.3. The first kappa shape index (κ1) is 29.2. The van der Waals surface area contributed by atoms with Gasteiger partial charge in [-0.1, -0.05) is 43.3 Å². The number of hydrogen-bond acceptors (Lipinski definition) is 4. The van der Waals surface area contributed by atoms with Gasteiger partial charge in [-0.25, -0.2) is 4.79 Å². The van der Waals surface area contributed by atoms with E-state index in [9.17, 15) is 19.5 Å². The molecule has 0 spiro atoms. The highest BCUT2D eigenvalue weighted by Gasteiger charge is 2.47. The van der Waals surface area contributed by atoms with E-state index in [1.165, 1.54) is 32.1 Å². The zero-order valence-electron chi connectivity index (χ0n) is 23.3. The van der Waals surface area contributed by atoms with Crippen LogP contribution in [0.15, 0.2) is 42.5 Å². The van der Waals surface area contributed by atoms with Crippen molar-refractivity contribution in [3.63, 3.8) is 0 Å². The summed E-state index contributed by atoms with van der Waals surface area (Å²) in [5.74, 6) is 2.98. The highest BCUT2D eigenvalue weighted by Crippen LogP contribution is 2.53. The van der Waals surface area contributed by atoms with Crippen LogP contribution in [0, 0.1) is 30.6 Å². The monoisotopic (exact) mass is 550 g/mol. The van der Waals surface area contributed by atoms with Gasteiger partial charge in [-0.3, -0.25) is 9.59 Å². The zero-order chi connectivity index (χ0) is 27.9. The highest BCUT2D eigenvalue weighted by molar-refractivity contribution is 7.98. The molecule has 2 amide bonds. The van der Waals surface area contributed by atoms with Crippen molar-refractivity contribution in [1.29, 1.82) is 0 Å². The first-order valence-corrected chi connectivity index (χ1v) is 15.6. The van der Waals surface area contributed by atoms with E-state index < -0.39 is 12.0 Å². The number of carboxylic acid groups (broad SMARTS) is 1. The van der Waals surface area contributed by atoms with Crippen LogP contribution < -0.4 is 10.6 Å². The van der Waals surface area contributed by atoms with Crippen LogP contribution in [0.2, 0.25) is 0 Å². The molecule has 4 aliphatic carbocycles. The average Bonchev–Trinajstić information content (AvgIpc) is 2.92. The molecule has 210 valence electrons. The van der Waals surface area contributed by atoms with Crippen molar-refractivity contribution < 1.29 is 19.5 Å². The van der Waals surface area contributed by atoms with Crippen LogP contribution in [0.3, 0.4) is 0 Å². The fourth-order valence-corrected chi connectivity index (χ4v) is 7.58. The Morgan fingerprint density at radius 3 is 2.26 bits per heavy atom. The number of thioether (sulfide) groups is 1. The summed E-state index contributed by atoms with van der Waals surface area (Å²) in [7, 11) is 0. The van der Waals surface area contributed by atoms with Gasteiger partial charge >= 0.3 is 5.97 Å². The van der Waals surface area contributed by atoms with E-state index in [1.807, 2.05) is 49.6 Å². The van der Waals surface area contributed by atoms with Gasteiger partial charge in [0.25, 0.3) is 5.91 Å². The molecular formula is C32H42N2O4S. The summed E-state index contributed by atoms with van der Waals surface area (Å²) in [5.41, 5.74) is 4.55. The van der Waals surface area contributed by atoms with Gasteiger partial charge < -0.3 is 15.7 Å². The third-order valence-corrected chi connectivity index (χ3v) is 9.52. The Bertz CT molecular complexity index is 1140. The third kappa shape index (κ3) is 7.05. The maximum Gasteiger partial charge on any atom is 0.326 e. The maximum absolute atomic E-state index is 12.8. The van der Waals surface area contributed by atoms with E-state index >= 15 is 0 Å². The van der Waals surface area contributed by atoms with E-state index in [4.69, 9.17) is 0 Å². The topological polar surface area (TPSA) is 95.5 Å². The van der Waals surface area contributed by atoms with E-state index in [0.717, 1.165) is 58.8 Å². The minimum atomic E-state index is -1.00. The summed E-state index contributed by atoms with van der Waals surface area (Å²) in [6.07, 6.45) is 11.1. The van der Waals surface area contributed by atoms with E-state index in [1.54, 1.807) is 17.8 Å². The van der Waals surface area contributed by atoms with Crippen LogP contribution in [0.25, 0.3) is 11.1 Å². The molecule has 0 heterocycles. The predicted octanol–water partition coefficient (Wildman–Crippen LogP) is 5.72. The van der Waals surface area contributed by atoms with Crippen molar-refractivity contribution in [3.8, 4) is 11.1 Å². The maximum atomic E-state index is 12.8. The molecule has 6 rings (SSSR count). The molecule has 39 heavy (non-hydrogen) atoms. The molecule has 0 aromatic heterocycles. The van der Waals surface area contributed by atoms with Crippen LogP contribution in [0.4, 0.5) is 0 Å². The number of carboxylic acids is 1. The molecule has 3 N–H and O–H groups in total. The van der Waals surface area contributed by atoms with Gasteiger partial charge in [-0.05, 0) is 116 Å². The van der Waals surface area contributed by atoms with Gasteiger partial charge in [0.15, 0.2) is 0 Å². The number of nitrogens with one attached hydrogen (secondary N) is 2. The molecule has 0 aliphatic heterocycles. The second-order valence-corrected chi connectivity index (χ2v) is 12.4. The summed E-state index contributed by atoms with van der Waals surface area (Å²) in [6, 6.07) is 13.3. The van der Waals surface area contributed by atoms with Crippen LogP contribution in [-0.4, -0.2) is 47.5 Å². The Morgan fingerprint density at radius 1 is 1.03 bits per heavy atom. The lowest BCUT2D eigenvalue weighted by Crippen LogP contribution is -2.54. The molecule has 0 radical (unpaired) electrons. The fourth-order valence-electron chi connectivity index (χ4n) is 7.11. The molecule has 4 bridgehead atoms. The fraction of sp³-hybridized carbons (Fsp3) is 0.531. The van der Waals surface area contributed by atoms with Gasteiger partial charge in [-0.15, -0.1) is 0 Å². The molecule has 1 unspecified atom stereocenters. The van der Waals surface area contributed by atoms with Gasteiger partial charge in [0.1, 0.15) is 6.04 Å². The summed E-state index contributed by atoms with van der Waals surface area (Å²) in [6.45, 7) is 4.08. The predicted molar refractivity (Wildman–Crippen MR) is 158 cm³/mol. The lowest BCUT2D eigenvalue weighted by molar-refractivity contribution is -0.139. The lowest BCUT2D eigenvalue weighted by Gasteiger charge is -2.54. The zero-order valence-corrected chi connectivity index (χ0v) is 24.1. The molecule has 4 aliphatic rings. The third-order valence-electron chi connectivity index (χ3n) is 8.87. The number of hydrogen-bond donors (Lipinski definition) is 3. The smallest absolute Gasteiger partial charge is 0.326 e. The van der Waals surface area contributed by atoms with E-state index in [-0.39, 0.29) is 5.91 Å². The first-order chi connectivity index (χ1) is 18.8. The van der Waals surface area contributed by atoms with Gasteiger partial charge in [-0.2, -0.15) is 11.8 Å². The number of aliphatic carboxylic acids is 1. The number of benzene rings is 2. The van der Waals surface area contributed by atoms with Crippen molar-refractivity contribution >= 4 is 30.0 Å². The van der Waals surface area contributed by atoms with Crippen molar-refractivity contribution in [2.45, 2.75) is 70.9 Å². The number of amides is 2. The van der Waals surface area contributed by atoms with Crippen LogP contribution >= 0.6 is 11.8 Å². The number of carbonyl (C=O) groups is 3. The summed E-state index contributed by atoms with van der Waals surface area (Å²) < 4.78 is 0. The van der Waals surface area contributed by atoms with Crippen LogP contribution in [0.1, 0.15) is 66.9 Å². The molecule has 4 fully saturated rings. The minimum Gasteiger partial charge on any atom is -0.480 e. The minimum absolute atomic E-state index is 0.348. The molecule has 7 heteroatoms. The Morgan fingerprint density at radius 2 is 1.69 bits per heavy atom. The molecule has 6 nitrogen and oxygen atoms in total.